The molecule has 1 unspecified atom stereocenters. The van der Waals surface area contributed by atoms with E-state index in [0.717, 1.165) is 5.56 Å². The minimum atomic E-state index is -3.82. The number of hydrogen-bond donors (Lipinski definition) is 2. The summed E-state index contributed by atoms with van der Waals surface area (Å²) in [6.07, 6.45) is 2.63. The third-order valence-electron chi connectivity index (χ3n) is 6.07. The van der Waals surface area contributed by atoms with E-state index in [-0.39, 0.29) is 43.0 Å². The molecule has 1 aliphatic rings. The lowest BCUT2D eigenvalue weighted by molar-refractivity contribution is -0.140. The van der Waals surface area contributed by atoms with Gasteiger partial charge in [-0.05, 0) is 24.8 Å². The van der Waals surface area contributed by atoms with E-state index in [9.17, 15) is 22.0 Å². The zero-order chi connectivity index (χ0) is 22.7. The molecular formula is C21H28F2N4O3S. The number of benzene rings is 1. The average Bonchev–Trinajstić information content (AvgIpc) is 3.19. The van der Waals surface area contributed by atoms with Gasteiger partial charge in [-0.2, -0.15) is 5.10 Å². The van der Waals surface area contributed by atoms with Crippen LogP contribution < -0.4 is 10.0 Å². The van der Waals surface area contributed by atoms with Crippen molar-refractivity contribution in [2.24, 2.45) is 12.5 Å². The highest BCUT2D eigenvalue weighted by atomic mass is 32.2. The highest BCUT2D eigenvalue weighted by molar-refractivity contribution is 7.89. The molecule has 0 spiro atoms. The lowest BCUT2D eigenvalue weighted by Gasteiger charge is -2.39. The van der Waals surface area contributed by atoms with Gasteiger partial charge < -0.3 is 5.32 Å². The zero-order valence-corrected chi connectivity index (χ0v) is 18.5. The highest BCUT2D eigenvalue weighted by Crippen LogP contribution is 2.46. The Morgan fingerprint density at radius 1 is 1.19 bits per heavy atom. The van der Waals surface area contributed by atoms with Crippen LogP contribution in [-0.4, -0.2) is 36.6 Å². The van der Waals surface area contributed by atoms with Gasteiger partial charge in [-0.25, -0.2) is 21.9 Å². The molecule has 31 heavy (non-hydrogen) atoms. The van der Waals surface area contributed by atoms with E-state index in [1.165, 1.54) is 17.1 Å². The molecule has 2 aromatic rings. The van der Waals surface area contributed by atoms with Crippen LogP contribution in [0.3, 0.4) is 0 Å². The third-order valence-corrected chi connectivity index (χ3v) is 7.45. The van der Waals surface area contributed by atoms with E-state index in [0.29, 0.717) is 6.42 Å². The van der Waals surface area contributed by atoms with Crippen molar-refractivity contribution in [2.45, 2.75) is 55.9 Å². The maximum atomic E-state index is 13.7. The van der Waals surface area contributed by atoms with Crippen molar-refractivity contribution in [3.8, 4) is 0 Å². The van der Waals surface area contributed by atoms with Crippen LogP contribution in [0.15, 0.2) is 47.6 Å². The number of halogens is 2. The molecule has 7 nitrogen and oxygen atoms in total. The van der Waals surface area contributed by atoms with Gasteiger partial charge in [-0.15, -0.1) is 0 Å². The number of aromatic nitrogens is 2. The van der Waals surface area contributed by atoms with Crippen molar-refractivity contribution in [3.63, 3.8) is 0 Å². The lowest BCUT2D eigenvalue weighted by atomic mass is 9.70. The van der Waals surface area contributed by atoms with Crippen molar-refractivity contribution in [1.29, 1.82) is 0 Å². The second-order valence-electron chi connectivity index (χ2n) is 8.13. The number of hydrogen-bond acceptors (Lipinski definition) is 4. The number of alkyl halides is 2. The van der Waals surface area contributed by atoms with E-state index >= 15 is 0 Å². The van der Waals surface area contributed by atoms with Gasteiger partial charge in [0.2, 0.25) is 21.9 Å². The quantitative estimate of drug-likeness (QED) is 0.641. The van der Waals surface area contributed by atoms with Gasteiger partial charge in [0.05, 0.1) is 12.2 Å². The van der Waals surface area contributed by atoms with Crippen LogP contribution in [0.1, 0.15) is 50.6 Å². The van der Waals surface area contributed by atoms with Crippen molar-refractivity contribution in [1.82, 2.24) is 19.8 Å². The van der Waals surface area contributed by atoms with Crippen LogP contribution in [0.5, 0.6) is 0 Å². The molecule has 1 aliphatic carbocycles. The van der Waals surface area contributed by atoms with E-state index in [1.54, 1.807) is 31.3 Å². The van der Waals surface area contributed by atoms with Crippen LogP contribution in [0.25, 0.3) is 0 Å². The summed E-state index contributed by atoms with van der Waals surface area (Å²) in [6, 6.07) is 8.33. The molecule has 0 radical (unpaired) electrons. The summed E-state index contributed by atoms with van der Waals surface area (Å²) in [7, 11) is -2.21. The highest BCUT2D eigenvalue weighted by Gasteiger charge is 2.47. The van der Waals surface area contributed by atoms with Crippen molar-refractivity contribution >= 4 is 15.9 Å². The predicted molar refractivity (Wildman–Crippen MR) is 112 cm³/mol. The first-order chi connectivity index (χ1) is 14.6. The fourth-order valence-electron chi connectivity index (χ4n) is 3.90. The van der Waals surface area contributed by atoms with Crippen LogP contribution in [-0.2, 0) is 21.9 Å². The molecule has 1 aromatic heterocycles. The topological polar surface area (TPSA) is 93.1 Å². The Bertz CT molecular complexity index is 999. The number of nitrogens with one attached hydrogen (secondary N) is 2. The predicted octanol–water partition coefficient (Wildman–Crippen LogP) is 3.16. The molecule has 1 fully saturated rings. The largest absolute Gasteiger partial charge is 0.347 e. The number of carbonyl (C=O) groups excluding carboxylic acids is 1. The molecule has 10 heteroatoms. The average molecular weight is 455 g/mol. The molecule has 1 heterocycles. The standard InChI is InChI=1S/C21H28F2N4O3S/c1-3-20(9-11-21(22,23)12-10-20)19(28)26-18(16-7-5-4-6-8-16)14-25-31(29,30)17-13-24-27(2)15-17/h4-8,13,15,18,25H,3,9-12,14H2,1-2H3,(H,26,28). The molecule has 2 N–H and O–H groups in total. The van der Waals surface area contributed by atoms with Gasteiger partial charge in [-0.3, -0.25) is 9.48 Å². The maximum absolute atomic E-state index is 13.7. The summed E-state index contributed by atoms with van der Waals surface area (Å²) in [5.74, 6) is -3.06. The third kappa shape index (κ3) is 5.48. The van der Waals surface area contributed by atoms with E-state index in [2.05, 4.69) is 15.1 Å². The number of carbonyl (C=O) groups is 1. The summed E-state index contributed by atoms with van der Waals surface area (Å²) in [5.41, 5.74) is -0.158. The smallest absolute Gasteiger partial charge is 0.248 e. The second kappa shape index (κ2) is 9.04. The van der Waals surface area contributed by atoms with Gasteiger partial charge in [0.25, 0.3) is 0 Å². The summed E-state index contributed by atoms with van der Waals surface area (Å²) >= 11 is 0. The zero-order valence-electron chi connectivity index (χ0n) is 17.6. The number of sulfonamides is 1. The molecule has 1 amide bonds. The molecule has 1 aromatic carbocycles. The summed E-state index contributed by atoms with van der Waals surface area (Å²) in [5, 5.41) is 6.80. The summed E-state index contributed by atoms with van der Waals surface area (Å²) in [6.45, 7) is 1.74. The Hall–Kier alpha value is -2.33. The minimum absolute atomic E-state index is 0.0210. The first-order valence-corrected chi connectivity index (χ1v) is 11.8. The van der Waals surface area contributed by atoms with E-state index < -0.39 is 27.4 Å². The Kier molecular flexibility index (Phi) is 6.80. The normalized spacial score (nSPS) is 19.0. The molecule has 0 saturated heterocycles. The van der Waals surface area contributed by atoms with Gasteiger partial charge >= 0.3 is 0 Å². The number of amides is 1. The van der Waals surface area contributed by atoms with Crippen molar-refractivity contribution < 1.29 is 22.0 Å². The summed E-state index contributed by atoms with van der Waals surface area (Å²) < 4.78 is 56.5. The van der Waals surface area contributed by atoms with E-state index in [4.69, 9.17) is 0 Å². The first kappa shape index (κ1) is 23.3. The molecule has 1 atom stereocenters. The number of rotatable bonds is 8. The van der Waals surface area contributed by atoms with Gasteiger partial charge in [0.15, 0.2) is 0 Å². The molecule has 0 bridgehead atoms. The second-order valence-corrected chi connectivity index (χ2v) is 9.90. The van der Waals surface area contributed by atoms with Crippen molar-refractivity contribution in [3.05, 3.63) is 48.3 Å². The van der Waals surface area contributed by atoms with Crippen molar-refractivity contribution in [2.75, 3.05) is 6.54 Å². The Labute approximate surface area is 181 Å². The van der Waals surface area contributed by atoms with Gasteiger partial charge in [0.1, 0.15) is 4.90 Å². The molecule has 1 saturated carbocycles. The van der Waals surface area contributed by atoms with E-state index in [1.807, 2.05) is 13.0 Å². The Morgan fingerprint density at radius 3 is 2.39 bits per heavy atom. The number of nitrogens with zero attached hydrogens (tertiary/aromatic N) is 2. The molecular weight excluding hydrogens is 426 g/mol. The van der Waals surface area contributed by atoms with Gasteiger partial charge in [0, 0.05) is 38.0 Å². The van der Waals surface area contributed by atoms with Crippen LogP contribution in [0.2, 0.25) is 0 Å². The SMILES string of the molecule is CCC1(C(=O)NC(CNS(=O)(=O)c2cnn(C)c2)c2ccccc2)CCC(F)(F)CC1. The Balaban J connectivity index is 1.77. The maximum Gasteiger partial charge on any atom is 0.248 e. The van der Waals surface area contributed by atoms with Crippen LogP contribution in [0, 0.1) is 5.41 Å². The molecule has 170 valence electrons. The first-order valence-electron chi connectivity index (χ1n) is 10.3. The monoisotopic (exact) mass is 454 g/mol. The fourth-order valence-corrected chi connectivity index (χ4v) is 4.93. The van der Waals surface area contributed by atoms with Gasteiger partial charge in [-0.1, -0.05) is 37.3 Å². The summed E-state index contributed by atoms with van der Waals surface area (Å²) in [4.78, 5) is 13.2. The number of aryl methyl sites for hydroxylation is 1. The molecule has 0 aliphatic heterocycles. The fraction of sp³-hybridized carbons (Fsp3) is 0.524. The molecule has 3 rings (SSSR count). The minimum Gasteiger partial charge on any atom is -0.347 e. The van der Waals surface area contributed by atoms with Crippen LogP contribution >= 0.6 is 0 Å². The Morgan fingerprint density at radius 2 is 1.84 bits per heavy atom. The van der Waals surface area contributed by atoms with Crippen LogP contribution in [0.4, 0.5) is 8.78 Å². The lowest BCUT2D eigenvalue weighted by Crippen LogP contribution is -2.48.